The van der Waals surface area contributed by atoms with E-state index < -0.39 is 97.5 Å². The van der Waals surface area contributed by atoms with Gasteiger partial charge in [-0.1, -0.05) is 272 Å². The van der Waals surface area contributed by atoms with Gasteiger partial charge in [-0.2, -0.15) is 0 Å². The number of aliphatic hydroxyl groups excluding tert-OH is 1. The first-order chi connectivity index (χ1) is 51.7. The van der Waals surface area contributed by atoms with Crippen LogP contribution in [-0.4, -0.2) is 96.7 Å². The van der Waals surface area contributed by atoms with Crippen molar-refractivity contribution in [3.63, 3.8) is 0 Å². The van der Waals surface area contributed by atoms with Crippen molar-refractivity contribution < 1.29 is 80.2 Å². The van der Waals surface area contributed by atoms with Crippen molar-refractivity contribution in [1.29, 1.82) is 0 Å². The quantitative estimate of drug-likeness (QED) is 0.0169. The second-order valence-corrected chi connectivity index (χ2v) is 27.7. The van der Waals surface area contributed by atoms with Gasteiger partial charge in [0.2, 0.25) is 0 Å². The number of phosphoric acid groups is 2. The summed E-state index contributed by atoms with van der Waals surface area (Å²) in [6, 6.07) is 0. The Balaban J connectivity index is 5.58. The first-order valence-corrected chi connectivity index (χ1v) is 42.0. The van der Waals surface area contributed by atoms with Crippen molar-refractivity contribution in [1.82, 2.24) is 0 Å². The fourth-order valence-electron chi connectivity index (χ4n) is 9.12. The van der Waals surface area contributed by atoms with E-state index in [9.17, 15) is 43.2 Å². The number of carbonyl (C=O) groups excluding carboxylic acids is 4. The molecule has 0 spiro atoms. The lowest BCUT2D eigenvalue weighted by Gasteiger charge is -2.21. The highest BCUT2D eigenvalue weighted by Crippen LogP contribution is 2.45. The summed E-state index contributed by atoms with van der Waals surface area (Å²) in [5, 5.41) is 10.6. The number of hydrogen-bond donors (Lipinski definition) is 3. The smallest absolute Gasteiger partial charge is 0.462 e. The molecule has 3 N–H and O–H groups in total. The molecule has 0 radical (unpaired) electrons. The van der Waals surface area contributed by atoms with Gasteiger partial charge in [0.1, 0.15) is 19.3 Å². The van der Waals surface area contributed by atoms with Gasteiger partial charge in [0.15, 0.2) is 12.2 Å². The lowest BCUT2D eigenvalue weighted by atomic mass is 10.1. The lowest BCUT2D eigenvalue weighted by molar-refractivity contribution is -0.161. The van der Waals surface area contributed by atoms with Gasteiger partial charge in [0.25, 0.3) is 0 Å². The van der Waals surface area contributed by atoms with Gasteiger partial charge in [-0.05, 0) is 167 Å². The number of ether oxygens (including phenoxy) is 4. The molecule has 0 saturated heterocycles. The zero-order chi connectivity index (χ0) is 77.4. The molecule has 106 heavy (non-hydrogen) atoms. The van der Waals surface area contributed by atoms with E-state index in [4.69, 9.17) is 37.0 Å². The summed E-state index contributed by atoms with van der Waals surface area (Å²) in [6.45, 7) is 4.17. The molecular formula is C87H134O17P2. The molecule has 5 atom stereocenters. The maximum absolute atomic E-state index is 13.1. The van der Waals surface area contributed by atoms with Crippen LogP contribution in [0.25, 0.3) is 0 Å². The van der Waals surface area contributed by atoms with Gasteiger partial charge in [0, 0.05) is 25.7 Å². The second kappa shape index (κ2) is 76.6. The van der Waals surface area contributed by atoms with Gasteiger partial charge in [-0.25, -0.2) is 9.13 Å². The van der Waals surface area contributed by atoms with Gasteiger partial charge in [-0.3, -0.25) is 37.3 Å². The minimum absolute atomic E-state index is 0.00925. The van der Waals surface area contributed by atoms with Crippen LogP contribution in [-0.2, 0) is 65.4 Å². The number of aliphatic hydroxyl groups is 1. The molecule has 0 bridgehead atoms. The molecule has 0 saturated carbocycles. The predicted octanol–water partition coefficient (Wildman–Crippen LogP) is 22.9. The number of allylic oxidation sites excluding steroid dienone is 36. The molecule has 0 amide bonds. The SMILES string of the molecule is CC/C=C\C/C=C\C/C=C\C/C=C\C/C=C\C/C=C\CCC(=O)OCC(COP(=O)(O)OCC(O)COP(=O)(O)OCC(COC(=O)CCCC/C=C\C/C=C\C/C=C\C/C=C\CC)OC(=O)CCCCCCC/C=C\C/C=C\CCC)OC(=O)CC/C=C\C/C=C\C/C=C\C/C=C\C/C=C\C/C=C\CC. The Morgan fingerprint density at radius 3 is 0.849 bits per heavy atom. The molecule has 5 unspecified atom stereocenters. The summed E-state index contributed by atoms with van der Waals surface area (Å²) in [7, 11) is -10.0. The molecule has 0 aromatic carbocycles. The van der Waals surface area contributed by atoms with Crippen LogP contribution in [0.3, 0.4) is 0 Å². The van der Waals surface area contributed by atoms with Gasteiger partial charge in [-0.15, -0.1) is 0 Å². The van der Waals surface area contributed by atoms with Crippen molar-refractivity contribution in [2.75, 3.05) is 39.6 Å². The normalized spacial score (nSPS) is 15.0. The molecule has 0 aromatic heterocycles. The fourth-order valence-corrected chi connectivity index (χ4v) is 10.7. The van der Waals surface area contributed by atoms with Crippen LogP contribution in [0.15, 0.2) is 219 Å². The topological polar surface area (TPSA) is 237 Å². The Kier molecular flexibility index (Phi) is 71.8. The molecule has 0 rings (SSSR count). The van der Waals surface area contributed by atoms with E-state index >= 15 is 0 Å². The Hall–Kier alpha value is -6.62. The average molecular weight is 1510 g/mol. The minimum atomic E-state index is -5.03. The minimum Gasteiger partial charge on any atom is -0.462 e. The summed E-state index contributed by atoms with van der Waals surface area (Å²) in [6.07, 6.45) is 96.8. The Morgan fingerprint density at radius 2 is 0.509 bits per heavy atom. The van der Waals surface area contributed by atoms with E-state index in [1.807, 2.05) is 36.5 Å². The number of carbonyl (C=O) groups is 4. The first-order valence-electron chi connectivity index (χ1n) is 39.0. The van der Waals surface area contributed by atoms with E-state index in [1.54, 1.807) is 0 Å². The Labute approximate surface area is 639 Å². The highest BCUT2D eigenvalue weighted by Gasteiger charge is 2.30. The molecule has 0 aliphatic carbocycles. The lowest BCUT2D eigenvalue weighted by Crippen LogP contribution is -2.30. The third-order valence-electron chi connectivity index (χ3n) is 14.9. The fraction of sp³-hybridized carbons (Fsp3) is 0.540. The van der Waals surface area contributed by atoms with Gasteiger partial charge in [0.05, 0.1) is 26.4 Å². The second-order valence-electron chi connectivity index (χ2n) is 24.8. The summed E-state index contributed by atoms with van der Waals surface area (Å²) >= 11 is 0. The van der Waals surface area contributed by atoms with E-state index in [0.29, 0.717) is 38.5 Å². The molecule has 0 aliphatic heterocycles. The number of esters is 4. The van der Waals surface area contributed by atoms with Crippen LogP contribution in [0.1, 0.15) is 246 Å². The number of hydrogen-bond acceptors (Lipinski definition) is 15. The number of phosphoric ester groups is 2. The van der Waals surface area contributed by atoms with Crippen LogP contribution in [0.5, 0.6) is 0 Å². The molecular weight excluding hydrogens is 1380 g/mol. The maximum atomic E-state index is 13.1. The molecule has 594 valence electrons. The zero-order valence-electron chi connectivity index (χ0n) is 64.8. The largest absolute Gasteiger partial charge is 0.472 e. The van der Waals surface area contributed by atoms with Gasteiger partial charge < -0.3 is 33.8 Å². The highest BCUT2D eigenvalue weighted by atomic mass is 31.2. The first kappa shape index (κ1) is 99.4. The van der Waals surface area contributed by atoms with Crippen LogP contribution in [0.2, 0.25) is 0 Å². The predicted molar refractivity (Wildman–Crippen MR) is 435 cm³/mol. The zero-order valence-corrected chi connectivity index (χ0v) is 66.5. The molecule has 19 heteroatoms. The third kappa shape index (κ3) is 75.6. The van der Waals surface area contributed by atoms with Crippen molar-refractivity contribution >= 4 is 39.5 Å². The standard InChI is InChI=1S/C87H134O17P2/c1-5-9-13-17-21-25-29-33-36-38-40-42-45-49-52-56-60-64-68-72-85(90)98-78-83(104-87(92)74-70-66-62-58-54-50-46-43-41-39-37-34-30-26-22-18-14-10-6-2)80-102-106(95,96)100-76-81(88)75-99-105(93,94)101-79-82(103-86(91)73-69-65-61-57-53-47-32-28-24-20-16-12-8-4)77-97-84(89)71-67-63-59-55-51-48-44-35-31-27-23-19-15-11-7-3/h9-11,13-16,20-23,25-28,32-37,40-44,49-52,54-55,60,62,64,66,81-83,88H,5-8,12,17-19,24,29-31,38-39,45-48,53,56-59,61,63,65,67-80H2,1-4H3,(H,93,94)(H,95,96)/b13-9-,14-10-,15-11-,20-16-,25-21-,26-22-,27-23-,32-28-,36-33-,37-34-,42-40-,43-41-,44-35-,52-49-,54-50-,55-51-,64-60-,66-62-. The Bertz CT molecular complexity index is 2880. The summed E-state index contributed by atoms with van der Waals surface area (Å²) in [5.74, 6) is -2.47. The molecule has 0 aromatic rings. The van der Waals surface area contributed by atoms with Crippen LogP contribution >= 0.6 is 15.6 Å². The van der Waals surface area contributed by atoms with Crippen LogP contribution in [0, 0.1) is 0 Å². The van der Waals surface area contributed by atoms with Gasteiger partial charge >= 0.3 is 39.5 Å². The third-order valence-corrected chi connectivity index (χ3v) is 16.8. The maximum Gasteiger partial charge on any atom is 0.472 e. The summed E-state index contributed by atoms with van der Waals surface area (Å²) < 4.78 is 68.3. The van der Waals surface area contributed by atoms with E-state index in [1.165, 1.54) is 0 Å². The molecule has 0 fully saturated rings. The summed E-state index contributed by atoms with van der Waals surface area (Å²) in [5.41, 5.74) is 0. The number of rotatable bonds is 70. The average Bonchev–Trinajstić information content (AvgIpc) is 0.903. The van der Waals surface area contributed by atoms with Crippen LogP contribution in [0.4, 0.5) is 0 Å². The van der Waals surface area contributed by atoms with Crippen molar-refractivity contribution in [2.45, 2.75) is 264 Å². The van der Waals surface area contributed by atoms with Crippen molar-refractivity contribution in [3.8, 4) is 0 Å². The van der Waals surface area contributed by atoms with Crippen LogP contribution < -0.4 is 0 Å². The highest BCUT2D eigenvalue weighted by molar-refractivity contribution is 7.47. The van der Waals surface area contributed by atoms with E-state index in [-0.39, 0.29) is 25.7 Å². The van der Waals surface area contributed by atoms with Crippen molar-refractivity contribution in [2.24, 2.45) is 0 Å². The van der Waals surface area contributed by atoms with Crippen molar-refractivity contribution in [3.05, 3.63) is 219 Å². The monoisotopic (exact) mass is 1510 g/mol. The van der Waals surface area contributed by atoms with E-state index in [0.717, 1.165) is 154 Å². The Morgan fingerprint density at radius 1 is 0.274 bits per heavy atom. The summed E-state index contributed by atoms with van der Waals surface area (Å²) in [4.78, 5) is 72.9. The molecule has 17 nitrogen and oxygen atoms in total. The number of unbranched alkanes of at least 4 members (excludes halogenated alkanes) is 8. The molecule has 0 heterocycles. The van der Waals surface area contributed by atoms with E-state index in [2.05, 4.69) is 210 Å². The molecule has 0 aliphatic rings.